The van der Waals surface area contributed by atoms with E-state index in [4.69, 9.17) is 0 Å². The minimum atomic E-state index is 0.0295. The van der Waals surface area contributed by atoms with Crippen LogP contribution in [0.4, 0.5) is 0 Å². The molecule has 116 valence electrons. The van der Waals surface area contributed by atoms with Crippen LogP contribution in [0.3, 0.4) is 0 Å². The number of amides is 2. The zero-order valence-corrected chi connectivity index (χ0v) is 12.7. The third kappa shape index (κ3) is 2.83. The first-order valence-corrected chi connectivity index (χ1v) is 8.14. The molecule has 0 aromatic carbocycles. The van der Waals surface area contributed by atoms with Crippen molar-refractivity contribution in [2.75, 3.05) is 26.2 Å². The standard InChI is InChI=1S/C16H24N2O3/c1-11(19)17-5-7-18(8-6-17)16(21)14-9-12-3-2-4-13(10-14)15(12)20/h12-14H,2-10H2,1H3. The van der Waals surface area contributed by atoms with E-state index in [1.165, 1.54) is 0 Å². The van der Waals surface area contributed by atoms with Gasteiger partial charge >= 0.3 is 0 Å². The number of piperazine rings is 1. The number of hydrogen-bond donors (Lipinski definition) is 0. The molecule has 2 unspecified atom stereocenters. The molecule has 2 amide bonds. The minimum absolute atomic E-state index is 0.0295. The molecule has 2 saturated carbocycles. The third-order valence-electron chi connectivity index (χ3n) is 5.43. The van der Waals surface area contributed by atoms with Gasteiger partial charge in [0.1, 0.15) is 5.78 Å². The molecule has 3 rings (SSSR count). The number of ketones is 1. The second kappa shape index (κ2) is 5.78. The van der Waals surface area contributed by atoms with Crippen LogP contribution in [-0.2, 0) is 14.4 Å². The number of rotatable bonds is 1. The monoisotopic (exact) mass is 292 g/mol. The molecule has 0 aromatic rings. The van der Waals surface area contributed by atoms with Crippen molar-refractivity contribution >= 4 is 17.6 Å². The van der Waals surface area contributed by atoms with Crippen LogP contribution in [0.2, 0.25) is 0 Å². The summed E-state index contributed by atoms with van der Waals surface area (Å²) in [7, 11) is 0. The highest BCUT2D eigenvalue weighted by atomic mass is 16.2. The third-order valence-corrected chi connectivity index (χ3v) is 5.43. The van der Waals surface area contributed by atoms with Gasteiger partial charge in [-0.1, -0.05) is 6.42 Å². The Balaban J connectivity index is 1.59. The summed E-state index contributed by atoms with van der Waals surface area (Å²) in [5, 5.41) is 0. The van der Waals surface area contributed by atoms with E-state index in [2.05, 4.69) is 0 Å². The van der Waals surface area contributed by atoms with Crippen LogP contribution in [0.25, 0.3) is 0 Å². The summed E-state index contributed by atoms with van der Waals surface area (Å²) in [6.07, 6.45) is 4.58. The number of fused-ring (bicyclic) bond motifs is 2. The van der Waals surface area contributed by atoms with Crippen molar-refractivity contribution in [2.24, 2.45) is 17.8 Å². The van der Waals surface area contributed by atoms with Crippen LogP contribution in [0.5, 0.6) is 0 Å². The Labute approximate surface area is 125 Å². The molecule has 5 heteroatoms. The lowest BCUT2D eigenvalue weighted by atomic mass is 9.67. The largest absolute Gasteiger partial charge is 0.339 e. The zero-order chi connectivity index (χ0) is 15.0. The van der Waals surface area contributed by atoms with Crippen LogP contribution < -0.4 is 0 Å². The molecule has 0 radical (unpaired) electrons. The number of nitrogens with zero attached hydrogens (tertiary/aromatic N) is 2. The lowest BCUT2D eigenvalue weighted by molar-refractivity contribution is -0.146. The summed E-state index contributed by atoms with van der Waals surface area (Å²) in [6.45, 7) is 4.13. The number of hydrogen-bond acceptors (Lipinski definition) is 3. The molecule has 21 heavy (non-hydrogen) atoms. The molecule has 0 spiro atoms. The summed E-state index contributed by atoms with van der Waals surface area (Å²) < 4.78 is 0. The highest BCUT2D eigenvalue weighted by Gasteiger charge is 2.42. The molecule has 5 nitrogen and oxygen atoms in total. The molecular weight excluding hydrogens is 268 g/mol. The van der Waals surface area contributed by atoms with E-state index >= 15 is 0 Å². The maximum absolute atomic E-state index is 12.7. The minimum Gasteiger partial charge on any atom is -0.339 e. The first-order valence-electron chi connectivity index (χ1n) is 8.14. The predicted octanol–water partition coefficient (Wildman–Crippen LogP) is 1.07. The van der Waals surface area contributed by atoms with Crippen molar-refractivity contribution in [2.45, 2.75) is 39.0 Å². The van der Waals surface area contributed by atoms with Gasteiger partial charge in [-0.15, -0.1) is 0 Å². The van der Waals surface area contributed by atoms with E-state index in [-0.39, 0.29) is 29.6 Å². The molecule has 3 aliphatic rings. The van der Waals surface area contributed by atoms with Gasteiger partial charge in [-0.2, -0.15) is 0 Å². The van der Waals surface area contributed by atoms with Crippen molar-refractivity contribution in [1.82, 2.24) is 9.80 Å². The average molecular weight is 292 g/mol. The second-order valence-electron chi connectivity index (χ2n) is 6.73. The van der Waals surface area contributed by atoms with Crippen molar-refractivity contribution < 1.29 is 14.4 Å². The van der Waals surface area contributed by atoms with E-state index in [1.807, 2.05) is 4.90 Å². The number of Topliss-reactive ketones (excluding diaryl/α,β-unsaturated/α-hetero) is 1. The Morgan fingerprint density at radius 3 is 2.00 bits per heavy atom. The zero-order valence-electron chi connectivity index (χ0n) is 12.7. The smallest absolute Gasteiger partial charge is 0.225 e. The molecule has 2 atom stereocenters. The average Bonchev–Trinajstić information content (AvgIpc) is 2.46. The highest BCUT2D eigenvalue weighted by molar-refractivity contribution is 5.88. The fourth-order valence-corrected chi connectivity index (χ4v) is 4.18. The van der Waals surface area contributed by atoms with E-state index in [9.17, 15) is 14.4 Å². The Hall–Kier alpha value is -1.39. The van der Waals surface area contributed by atoms with Gasteiger partial charge in [-0.3, -0.25) is 14.4 Å². The van der Waals surface area contributed by atoms with Crippen LogP contribution >= 0.6 is 0 Å². The second-order valence-corrected chi connectivity index (χ2v) is 6.73. The van der Waals surface area contributed by atoms with Gasteiger partial charge in [0, 0.05) is 50.9 Å². The summed E-state index contributed by atoms with van der Waals surface area (Å²) in [5.41, 5.74) is 0. The Bertz CT molecular complexity index is 438. The van der Waals surface area contributed by atoms with Gasteiger partial charge < -0.3 is 9.80 Å². The van der Waals surface area contributed by atoms with Crippen molar-refractivity contribution in [3.63, 3.8) is 0 Å². The van der Waals surface area contributed by atoms with Crippen LogP contribution in [0.15, 0.2) is 0 Å². The topological polar surface area (TPSA) is 57.7 Å². The summed E-state index contributed by atoms with van der Waals surface area (Å²) in [6, 6.07) is 0. The SMILES string of the molecule is CC(=O)N1CCN(C(=O)C2CC3CCCC(C2)C3=O)CC1. The van der Waals surface area contributed by atoms with Crippen LogP contribution in [-0.4, -0.2) is 53.6 Å². The first kappa shape index (κ1) is 14.5. The maximum atomic E-state index is 12.7. The quantitative estimate of drug-likeness (QED) is 0.726. The molecule has 0 N–H and O–H groups in total. The molecule has 3 fully saturated rings. The molecule has 1 heterocycles. The van der Waals surface area contributed by atoms with E-state index in [0.717, 1.165) is 32.1 Å². The van der Waals surface area contributed by atoms with Crippen molar-refractivity contribution in [3.8, 4) is 0 Å². The molecule has 1 aliphatic heterocycles. The van der Waals surface area contributed by atoms with Crippen molar-refractivity contribution in [1.29, 1.82) is 0 Å². The first-order chi connectivity index (χ1) is 10.1. The molecule has 2 aliphatic carbocycles. The maximum Gasteiger partial charge on any atom is 0.225 e. The number of carbonyl (C=O) groups is 3. The van der Waals surface area contributed by atoms with Gasteiger partial charge in [0.2, 0.25) is 11.8 Å². The van der Waals surface area contributed by atoms with E-state index in [0.29, 0.717) is 32.0 Å². The van der Waals surface area contributed by atoms with Crippen LogP contribution in [0, 0.1) is 17.8 Å². The Morgan fingerprint density at radius 1 is 0.952 bits per heavy atom. The Morgan fingerprint density at radius 2 is 1.48 bits per heavy atom. The predicted molar refractivity (Wildman–Crippen MR) is 77.4 cm³/mol. The fourth-order valence-electron chi connectivity index (χ4n) is 4.18. The van der Waals surface area contributed by atoms with Crippen molar-refractivity contribution in [3.05, 3.63) is 0 Å². The summed E-state index contributed by atoms with van der Waals surface area (Å²) >= 11 is 0. The molecular formula is C16H24N2O3. The lowest BCUT2D eigenvalue weighted by Crippen LogP contribution is -2.52. The normalized spacial score (nSPS) is 33.0. The lowest BCUT2D eigenvalue weighted by Gasteiger charge is -2.41. The Kier molecular flexibility index (Phi) is 4.00. The molecule has 0 aromatic heterocycles. The van der Waals surface area contributed by atoms with E-state index < -0.39 is 0 Å². The fraction of sp³-hybridized carbons (Fsp3) is 0.812. The van der Waals surface area contributed by atoms with Crippen LogP contribution in [0.1, 0.15) is 39.0 Å². The summed E-state index contributed by atoms with van der Waals surface area (Å²) in [5.74, 6) is 0.992. The van der Waals surface area contributed by atoms with Gasteiger partial charge in [0.15, 0.2) is 0 Å². The van der Waals surface area contributed by atoms with Gasteiger partial charge in [-0.25, -0.2) is 0 Å². The van der Waals surface area contributed by atoms with Gasteiger partial charge in [0.25, 0.3) is 0 Å². The van der Waals surface area contributed by atoms with E-state index in [1.54, 1.807) is 11.8 Å². The highest BCUT2D eigenvalue weighted by Crippen LogP contribution is 2.40. The van der Waals surface area contributed by atoms with Gasteiger partial charge in [0.05, 0.1) is 0 Å². The molecule has 2 bridgehead atoms. The summed E-state index contributed by atoms with van der Waals surface area (Å²) in [4.78, 5) is 39.8. The van der Waals surface area contributed by atoms with Gasteiger partial charge in [-0.05, 0) is 25.7 Å². The molecule has 1 saturated heterocycles. The number of carbonyl (C=O) groups excluding carboxylic acids is 3.